The molecule has 5 nitrogen and oxygen atoms in total. The van der Waals surface area contributed by atoms with Gasteiger partial charge in [-0.3, -0.25) is 4.79 Å². The molecule has 1 unspecified atom stereocenters. The monoisotopic (exact) mass is 246 g/mol. The van der Waals surface area contributed by atoms with Crippen LogP contribution in [0.1, 0.15) is 25.7 Å². The predicted molar refractivity (Wildman–Crippen MR) is 60.6 cm³/mol. The lowest BCUT2D eigenvalue weighted by Crippen LogP contribution is -2.45. The van der Waals surface area contributed by atoms with Crippen LogP contribution in [-0.2, 0) is 14.6 Å². The number of amides is 1. The molecule has 0 aromatic carbocycles. The summed E-state index contributed by atoms with van der Waals surface area (Å²) in [6, 6.07) is 0.00949. The van der Waals surface area contributed by atoms with Crippen LogP contribution in [0.5, 0.6) is 0 Å². The molecular weight excluding hydrogens is 228 g/mol. The van der Waals surface area contributed by atoms with Gasteiger partial charge in [0, 0.05) is 19.1 Å². The molecule has 0 radical (unpaired) electrons. The van der Waals surface area contributed by atoms with Crippen molar-refractivity contribution in [2.24, 2.45) is 5.73 Å². The number of carbonyl (C=O) groups excluding carboxylic acids is 1. The highest BCUT2D eigenvalue weighted by Crippen LogP contribution is 2.22. The van der Waals surface area contributed by atoms with E-state index in [-0.39, 0.29) is 17.7 Å². The molecule has 0 saturated carbocycles. The van der Waals surface area contributed by atoms with Crippen molar-refractivity contribution in [3.05, 3.63) is 0 Å². The van der Waals surface area contributed by atoms with E-state index in [2.05, 4.69) is 0 Å². The first-order chi connectivity index (χ1) is 7.50. The van der Waals surface area contributed by atoms with Crippen LogP contribution in [0.25, 0.3) is 0 Å². The van der Waals surface area contributed by atoms with Crippen molar-refractivity contribution in [2.75, 3.05) is 18.8 Å². The van der Waals surface area contributed by atoms with Crippen molar-refractivity contribution in [2.45, 2.75) is 37.0 Å². The van der Waals surface area contributed by atoms with E-state index in [0.717, 1.165) is 12.8 Å². The van der Waals surface area contributed by atoms with Crippen LogP contribution in [0.3, 0.4) is 0 Å². The van der Waals surface area contributed by atoms with Crippen LogP contribution in [-0.4, -0.2) is 49.4 Å². The van der Waals surface area contributed by atoms with Gasteiger partial charge >= 0.3 is 0 Å². The smallest absolute Gasteiger partial charge is 0.240 e. The minimum absolute atomic E-state index is 0.00949. The standard InChI is InChI=1S/C10H18N2O3S/c11-8-4-5-12(7-8)10(13)9-3-1-2-6-16(9,14)15/h8-9H,1-7,11H2/t8-,9?/m1/s1. The van der Waals surface area contributed by atoms with Crippen LogP contribution >= 0.6 is 0 Å². The largest absolute Gasteiger partial charge is 0.340 e. The fourth-order valence-corrected chi connectivity index (χ4v) is 4.30. The summed E-state index contributed by atoms with van der Waals surface area (Å²) < 4.78 is 23.6. The highest BCUT2D eigenvalue weighted by atomic mass is 32.2. The number of hydrogen-bond donors (Lipinski definition) is 1. The number of likely N-dealkylation sites (tertiary alicyclic amines) is 1. The minimum Gasteiger partial charge on any atom is -0.340 e. The maximum atomic E-state index is 12.1. The molecule has 0 bridgehead atoms. The van der Waals surface area contributed by atoms with Crippen molar-refractivity contribution in [1.29, 1.82) is 0 Å². The maximum absolute atomic E-state index is 12.1. The molecule has 6 heteroatoms. The maximum Gasteiger partial charge on any atom is 0.240 e. The zero-order valence-corrected chi connectivity index (χ0v) is 10.1. The van der Waals surface area contributed by atoms with E-state index in [0.29, 0.717) is 25.9 Å². The summed E-state index contributed by atoms with van der Waals surface area (Å²) in [7, 11) is -3.21. The first-order valence-corrected chi connectivity index (χ1v) is 7.48. The van der Waals surface area contributed by atoms with Crippen molar-refractivity contribution < 1.29 is 13.2 Å². The molecule has 92 valence electrons. The molecule has 2 atom stereocenters. The molecule has 0 aromatic rings. The molecule has 2 aliphatic heterocycles. The summed E-state index contributed by atoms with van der Waals surface area (Å²) in [5, 5.41) is -0.799. The van der Waals surface area contributed by atoms with E-state index in [1.165, 1.54) is 0 Å². The van der Waals surface area contributed by atoms with Gasteiger partial charge in [0.1, 0.15) is 5.25 Å². The summed E-state index contributed by atoms with van der Waals surface area (Å²) in [5.74, 6) is -0.0730. The molecular formula is C10H18N2O3S. The van der Waals surface area contributed by atoms with E-state index in [1.54, 1.807) is 4.90 Å². The first-order valence-electron chi connectivity index (χ1n) is 5.76. The van der Waals surface area contributed by atoms with Gasteiger partial charge in [0.2, 0.25) is 5.91 Å². The number of sulfone groups is 1. The van der Waals surface area contributed by atoms with E-state index in [9.17, 15) is 13.2 Å². The van der Waals surface area contributed by atoms with Gasteiger partial charge in [0.05, 0.1) is 5.75 Å². The molecule has 2 rings (SSSR count). The van der Waals surface area contributed by atoms with Crippen molar-refractivity contribution in [1.82, 2.24) is 4.90 Å². The van der Waals surface area contributed by atoms with E-state index in [4.69, 9.17) is 5.73 Å². The van der Waals surface area contributed by atoms with Crippen molar-refractivity contribution in [3.63, 3.8) is 0 Å². The SMILES string of the molecule is N[C@@H]1CCN(C(=O)C2CCCCS2(=O)=O)C1. The Hall–Kier alpha value is -0.620. The first kappa shape index (κ1) is 11.9. The van der Waals surface area contributed by atoms with Crippen LogP contribution < -0.4 is 5.73 Å². The predicted octanol–water partition coefficient (Wildman–Crippen LogP) is -0.487. The zero-order valence-electron chi connectivity index (χ0n) is 9.26. The van der Waals surface area contributed by atoms with Crippen molar-refractivity contribution >= 4 is 15.7 Å². The second-order valence-electron chi connectivity index (χ2n) is 4.68. The molecule has 2 aliphatic rings. The number of nitrogens with zero attached hydrogens (tertiary/aromatic N) is 1. The summed E-state index contributed by atoms with van der Waals surface area (Å²) in [6.07, 6.45) is 2.77. The third-order valence-electron chi connectivity index (χ3n) is 3.39. The molecule has 0 spiro atoms. The van der Waals surface area contributed by atoms with E-state index < -0.39 is 15.1 Å². The average Bonchev–Trinajstić information content (AvgIpc) is 2.63. The Morgan fingerprint density at radius 1 is 1.25 bits per heavy atom. The number of hydrogen-bond acceptors (Lipinski definition) is 4. The van der Waals surface area contributed by atoms with Gasteiger partial charge in [0.15, 0.2) is 9.84 Å². The Bertz CT molecular complexity index is 380. The molecule has 0 aliphatic carbocycles. The highest BCUT2D eigenvalue weighted by molar-refractivity contribution is 7.92. The van der Waals surface area contributed by atoms with Gasteiger partial charge in [-0.1, -0.05) is 6.42 Å². The Morgan fingerprint density at radius 3 is 2.56 bits per heavy atom. The fourth-order valence-electron chi connectivity index (χ4n) is 2.42. The van der Waals surface area contributed by atoms with Gasteiger partial charge < -0.3 is 10.6 Å². The van der Waals surface area contributed by atoms with E-state index >= 15 is 0 Å². The number of rotatable bonds is 1. The Labute approximate surface area is 95.9 Å². The van der Waals surface area contributed by atoms with Crippen molar-refractivity contribution in [3.8, 4) is 0 Å². The van der Waals surface area contributed by atoms with E-state index in [1.807, 2.05) is 0 Å². The summed E-state index contributed by atoms with van der Waals surface area (Å²) in [5.41, 5.74) is 5.72. The number of carbonyl (C=O) groups is 1. The highest BCUT2D eigenvalue weighted by Gasteiger charge is 2.38. The minimum atomic E-state index is -3.21. The molecule has 2 N–H and O–H groups in total. The molecule has 2 saturated heterocycles. The lowest BCUT2D eigenvalue weighted by atomic mass is 10.2. The molecule has 2 fully saturated rings. The quantitative estimate of drug-likeness (QED) is 0.677. The summed E-state index contributed by atoms with van der Waals surface area (Å²) in [4.78, 5) is 13.7. The van der Waals surface area contributed by atoms with Crippen LogP contribution in [0.15, 0.2) is 0 Å². The van der Waals surface area contributed by atoms with Crippen LogP contribution in [0, 0.1) is 0 Å². The second-order valence-corrected chi connectivity index (χ2v) is 6.99. The average molecular weight is 246 g/mol. The molecule has 2 heterocycles. The lowest BCUT2D eigenvalue weighted by Gasteiger charge is -2.26. The third kappa shape index (κ3) is 2.22. The Kier molecular flexibility index (Phi) is 3.21. The second kappa shape index (κ2) is 4.33. The van der Waals surface area contributed by atoms with Gasteiger partial charge in [0.25, 0.3) is 0 Å². The van der Waals surface area contributed by atoms with Gasteiger partial charge in [-0.2, -0.15) is 0 Å². The van der Waals surface area contributed by atoms with Crippen LogP contribution in [0.2, 0.25) is 0 Å². The third-order valence-corrected chi connectivity index (χ3v) is 5.55. The van der Waals surface area contributed by atoms with Gasteiger partial charge in [-0.15, -0.1) is 0 Å². The molecule has 16 heavy (non-hydrogen) atoms. The Morgan fingerprint density at radius 2 is 2.00 bits per heavy atom. The summed E-state index contributed by atoms with van der Waals surface area (Å²) in [6.45, 7) is 1.11. The molecule has 0 aromatic heterocycles. The normalized spacial score (nSPS) is 33.9. The zero-order chi connectivity index (χ0) is 11.8. The fraction of sp³-hybridized carbons (Fsp3) is 0.900. The van der Waals surface area contributed by atoms with Gasteiger partial charge in [-0.25, -0.2) is 8.42 Å². The molecule has 1 amide bonds. The number of nitrogens with two attached hydrogens (primary N) is 1. The Balaban J connectivity index is 2.09. The van der Waals surface area contributed by atoms with Crippen LogP contribution in [0.4, 0.5) is 0 Å². The lowest BCUT2D eigenvalue weighted by molar-refractivity contribution is -0.129. The summed E-state index contributed by atoms with van der Waals surface area (Å²) >= 11 is 0. The van der Waals surface area contributed by atoms with Gasteiger partial charge in [-0.05, 0) is 19.3 Å². The topological polar surface area (TPSA) is 80.5 Å².